The van der Waals surface area contributed by atoms with Crippen molar-refractivity contribution in [1.82, 2.24) is 24.5 Å². The number of carbonyl (C=O) groups is 1. The number of nitrogens with zero attached hydrogens (tertiary/aromatic N) is 4. The minimum Gasteiger partial charge on any atom is -0.348 e. The summed E-state index contributed by atoms with van der Waals surface area (Å²) in [5.41, 5.74) is 1.43. The Morgan fingerprint density at radius 1 is 1.33 bits per heavy atom. The molecule has 3 aromatic heterocycles. The van der Waals surface area contributed by atoms with E-state index in [1.54, 1.807) is 40.4 Å². The van der Waals surface area contributed by atoms with Gasteiger partial charge in [0.1, 0.15) is 11.5 Å². The number of aryl methyl sites for hydroxylation is 1. The Kier molecular flexibility index (Phi) is 4.72. The maximum atomic E-state index is 14.0. The van der Waals surface area contributed by atoms with Gasteiger partial charge in [0.05, 0.1) is 5.69 Å². The topological polar surface area (TPSA) is 64.2 Å². The van der Waals surface area contributed by atoms with Crippen molar-refractivity contribution < 1.29 is 9.18 Å². The lowest BCUT2D eigenvalue weighted by Gasteiger charge is -2.13. The molecule has 0 saturated heterocycles. The summed E-state index contributed by atoms with van der Waals surface area (Å²) in [5.74, 6) is -0.506. The number of imidazole rings is 1. The van der Waals surface area contributed by atoms with Gasteiger partial charge in [-0.25, -0.2) is 9.37 Å². The summed E-state index contributed by atoms with van der Waals surface area (Å²) >= 11 is 1.36. The Morgan fingerprint density at radius 3 is 2.96 bits per heavy atom. The Morgan fingerprint density at radius 2 is 2.19 bits per heavy atom. The van der Waals surface area contributed by atoms with Crippen molar-refractivity contribution >= 4 is 22.2 Å². The molecule has 4 aromatic rings. The lowest BCUT2D eigenvalue weighted by molar-refractivity contribution is 0.0931. The van der Waals surface area contributed by atoms with Gasteiger partial charge in [-0.05, 0) is 31.5 Å². The maximum Gasteiger partial charge on any atom is 0.269 e. The molecule has 3 heterocycles. The van der Waals surface area contributed by atoms with E-state index in [0.717, 1.165) is 13.0 Å². The molecular formula is C19H18FN5OS. The van der Waals surface area contributed by atoms with Crippen LogP contribution < -0.4 is 5.32 Å². The highest BCUT2D eigenvalue weighted by molar-refractivity contribution is 7.15. The molecule has 8 heteroatoms. The lowest BCUT2D eigenvalue weighted by atomic mass is 10.1. The first-order valence-corrected chi connectivity index (χ1v) is 9.49. The van der Waals surface area contributed by atoms with Gasteiger partial charge >= 0.3 is 0 Å². The zero-order chi connectivity index (χ0) is 18.8. The van der Waals surface area contributed by atoms with E-state index in [-0.39, 0.29) is 17.8 Å². The Hall–Kier alpha value is -3.00. The van der Waals surface area contributed by atoms with Crippen molar-refractivity contribution in [1.29, 1.82) is 0 Å². The molecule has 0 radical (unpaired) electrons. The zero-order valence-corrected chi connectivity index (χ0v) is 15.5. The maximum absolute atomic E-state index is 14.0. The van der Waals surface area contributed by atoms with E-state index in [1.165, 1.54) is 17.4 Å². The summed E-state index contributed by atoms with van der Waals surface area (Å²) in [6.45, 7) is 2.69. The second kappa shape index (κ2) is 7.32. The number of carbonyl (C=O) groups excluding carboxylic acids is 1. The number of halogens is 1. The minimum atomic E-state index is -0.332. The molecule has 1 N–H and O–H groups in total. The molecule has 0 aliphatic carbocycles. The molecule has 0 unspecified atom stereocenters. The normalized spacial score (nSPS) is 12.4. The summed E-state index contributed by atoms with van der Waals surface area (Å²) < 4.78 is 17.6. The minimum absolute atomic E-state index is 0.00814. The van der Waals surface area contributed by atoms with E-state index < -0.39 is 0 Å². The predicted octanol–water partition coefficient (Wildman–Crippen LogP) is 3.61. The highest BCUT2D eigenvalue weighted by Gasteiger charge is 2.18. The first-order valence-electron chi connectivity index (χ1n) is 8.61. The fraction of sp³-hybridized carbons (Fsp3) is 0.211. The monoisotopic (exact) mass is 383 g/mol. The first-order chi connectivity index (χ1) is 13.1. The molecule has 0 aliphatic heterocycles. The van der Waals surface area contributed by atoms with Gasteiger partial charge in [-0.3, -0.25) is 13.9 Å². The van der Waals surface area contributed by atoms with Crippen LogP contribution >= 0.6 is 11.3 Å². The number of benzene rings is 1. The van der Waals surface area contributed by atoms with Crippen LogP contribution in [-0.2, 0) is 6.54 Å². The van der Waals surface area contributed by atoms with Crippen molar-refractivity contribution in [2.24, 2.45) is 0 Å². The second-order valence-electron chi connectivity index (χ2n) is 6.31. The molecule has 4 rings (SSSR count). The zero-order valence-electron chi connectivity index (χ0n) is 14.7. The van der Waals surface area contributed by atoms with Crippen molar-refractivity contribution in [3.8, 4) is 11.3 Å². The van der Waals surface area contributed by atoms with Crippen LogP contribution in [0.4, 0.5) is 4.39 Å². The van der Waals surface area contributed by atoms with Gasteiger partial charge in [0, 0.05) is 42.1 Å². The van der Waals surface area contributed by atoms with Crippen molar-refractivity contribution in [2.75, 3.05) is 0 Å². The van der Waals surface area contributed by atoms with Gasteiger partial charge in [0.2, 0.25) is 0 Å². The Labute approximate surface area is 159 Å². The Bertz CT molecular complexity index is 1070. The van der Waals surface area contributed by atoms with Gasteiger partial charge < -0.3 is 5.32 Å². The van der Waals surface area contributed by atoms with E-state index in [9.17, 15) is 9.18 Å². The SMILES string of the molecule is C[C@H](CCn1cccn1)NC(=O)c1csc2nc(-c3ccccc3F)cn12. The smallest absolute Gasteiger partial charge is 0.269 e. The molecule has 1 aromatic carbocycles. The van der Waals surface area contributed by atoms with Gasteiger partial charge in [-0.1, -0.05) is 12.1 Å². The lowest BCUT2D eigenvalue weighted by Crippen LogP contribution is -2.34. The summed E-state index contributed by atoms with van der Waals surface area (Å²) in [7, 11) is 0. The fourth-order valence-electron chi connectivity index (χ4n) is 2.87. The third kappa shape index (κ3) is 3.61. The summed E-state index contributed by atoms with van der Waals surface area (Å²) in [6.07, 6.45) is 6.10. The summed E-state index contributed by atoms with van der Waals surface area (Å²) in [5, 5.41) is 8.93. The second-order valence-corrected chi connectivity index (χ2v) is 7.15. The van der Waals surface area contributed by atoms with Crippen molar-refractivity contribution in [3.63, 3.8) is 0 Å². The van der Waals surface area contributed by atoms with Crippen molar-refractivity contribution in [3.05, 3.63) is 65.8 Å². The fourth-order valence-corrected chi connectivity index (χ4v) is 3.73. The largest absolute Gasteiger partial charge is 0.348 e. The number of hydrogen-bond acceptors (Lipinski definition) is 4. The highest BCUT2D eigenvalue weighted by Crippen LogP contribution is 2.25. The Balaban J connectivity index is 1.49. The quantitative estimate of drug-likeness (QED) is 0.553. The van der Waals surface area contributed by atoms with Crippen LogP contribution in [0.25, 0.3) is 16.2 Å². The van der Waals surface area contributed by atoms with Crippen LogP contribution in [0.3, 0.4) is 0 Å². The van der Waals surface area contributed by atoms with Crippen LogP contribution in [0.5, 0.6) is 0 Å². The molecule has 6 nitrogen and oxygen atoms in total. The van der Waals surface area contributed by atoms with Crippen LogP contribution in [0, 0.1) is 5.82 Å². The van der Waals surface area contributed by atoms with Crippen molar-refractivity contribution in [2.45, 2.75) is 25.9 Å². The van der Waals surface area contributed by atoms with Crippen LogP contribution in [-0.4, -0.2) is 31.1 Å². The molecule has 0 aliphatic rings. The van der Waals surface area contributed by atoms with Gasteiger partial charge in [-0.15, -0.1) is 11.3 Å². The third-order valence-corrected chi connectivity index (χ3v) is 5.16. The number of rotatable bonds is 6. The average molecular weight is 383 g/mol. The molecular weight excluding hydrogens is 365 g/mol. The number of thiazole rings is 1. The van der Waals surface area contributed by atoms with E-state index in [1.807, 2.05) is 23.9 Å². The average Bonchev–Trinajstić information content (AvgIpc) is 3.37. The molecule has 0 saturated carbocycles. The summed E-state index contributed by atoms with van der Waals surface area (Å²) in [6, 6.07) is 8.35. The molecule has 138 valence electrons. The van der Waals surface area contributed by atoms with Crippen LogP contribution in [0.2, 0.25) is 0 Å². The standard InChI is InChI=1S/C19H18FN5OS/c1-13(7-10-24-9-4-8-21-24)22-18(26)17-12-27-19-23-16(11-25(17)19)14-5-2-3-6-15(14)20/h2-6,8-9,11-13H,7,10H2,1H3,(H,22,26)/t13-/m1/s1. The first kappa shape index (κ1) is 17.4. The molecule has 0 fully saturated rings. The highest BCUT2D eigenvalue weighted by atomic mass is 32.1. The molecule has 27 heavy (non-hydrogen) atoms. The molecule has 1 amide bonds. The van der Waals surface area contributed by atoms with Gasteiger partial charge in [0.25, 0.3) is 5.91 Å². The van der Waals surface area contributed by atoms with E-state index >= 15 is 0 Å². The van der Waals surface area contributed by atoms with E-state index in [0.29, 0.717) is 21.9 Å². The van der Waals surface area contributed by atoms with Gasteiger partial charge in [0.15, 0.2) is 4.96 Å². The third-order valence-electron chi connectivity index (χ3n) is 4.32. The number of hydrogen-bond donors (Lipinski definition) is 1. The molecule has 1 atom stereocenters. The van der Waals surface area contributed by atoms with E-state index in [4.69, 9.17) is 0 Å². The van der Waals surface area contributed by atoms with Crippen LogP contribution in [0.1, 0.15) is 23.8 Å². The van der Waals surface area contributed by atoms with E-state index in [2.05, 4.69) is 15.4 Å². The molecule has 0 spiro atoms. The van der Waals surface area contributed by atoms with Crippen LogP contribution in [0.15, 0.2) is 54.3 Å². The van der Waals surface area contributed by atoms with Gasteiger partial charge in [-0.2, -0.15) is 5.10 Å². The number of nitrogens with one attached hydrogen (secondary N) is 1. The molecule has 0 bridgehead atoms. The number of aromatic nitrogens is 4. The summed E-state index contributed by atoms with van der Waals surface area (Å²) in [4.78, 5) is 17.8. The number of fused-ring (bicyclic) bond motifs is 1. The predicted molar refractivity (Wildman–Crippen MR) is 102 cm³/mol. The number of amides is 1.